The molecule has 90 valence electrons. The van der Waals surface area contributed by atoms with Crippen molar-refractivity contribution in [1.29, 1.82) is 0 Å². The minimum atomic E-state index is -3.08. The van der Waals surface area contributed by atoms with Gasteiger partial charge in [0.25, 0.3) is 0 Å². The Morgan fingerprint density at radius 1 is 1.47 bits per heavy atom. The van der Waals surface area contributed by atoms with E-state index in [1.165, 1.54) is 11.6 Å². The van der Waals surface area contributed by atoms with Gasteiger partial charge in [-0.3, -0.25) is 4.99 Å². The Morgan fingerprint density at radius 2 is 2.24 bits per heavy atom. The third-order valence-electron chi connectivity index (χ3n) is 2.31. The van der Waals surface area contributed by atoms with Crippen molar-refractivity contribution in [1.82, 2.24) is 0 Å². The van der Waals surface area contributed by atoms with Crippen molar-refractivity contribution in [3.8, 4) is 5.75 Å². The van der Waals surface area contributed by atoms with Crippen molar-refractivity contribution < 1.29 is 13.5 Å². The van der Waals surface area contributed by atoms with Gasteiger partial charge >= 0.3 is 0 Å². The highest BCUT2D eigenvalue weighted by Crippen LogP contribution is 2.20. The molecule has 4 nitrogen and oxygen atoms in total. The molecule has 17 heavy (non-hydrogen) atoms. The highest BCUT2D eigenvalue weighted by Gasteiger charge is 2.20. The van der Waals surface area contributed by atoms with E-state index in [-0.39, 0.29) is 17.5 Å². The zero-order valence-electron chi connectivity index (χ0n) is 8.75. The number of phenols is 1. The second kappa shape index (κ2) is 4.62. The van der Waals surface area contributed by atoms with Crippen LogP contribution in [0.2, 0.25) is 0 Å². The van der Waals surface area contributed by atoms with Crippen molar-refractivity contribution in [2.45, 2.75) is 6.04 Å². The van der Waals surface area contributed by atoms with Gasteiger partial charge in [0.1, 0.15) is 5.75 Å². The largest absolute Gasteiger partial charge is 0.507 e. The summed E-state index contributed by atoms with van der Waals surface area (Å²) in [4.78, 5) is 4.12. The number of benzene rings is 1. The summed E-state index contributed by atoms with van der Waals surface area (Å²) in [7, 11) is -3.08. The molecule has 0 saturated heterocycles. The second-order valence-electron chi connectivity index (χ2n) is 3.71. The van der Waals surface area contributed by atoms with E-state index in [0.29, 0.717) is 5.56 Å². The fourth-order valence-electron chi connectivity index (χ4n) is 1.46. The first kappa shape index (κ1) is 12.3. The van der Waals surface area contributed by atoms with Crippen molar-refractivity contribution in [3.05, 3.63) is 39.7 Å². The summed E-state index contributed by atoms with van der Waals surface area (Å²) in [6, 6.07) is 4.61. The number of aromatic hydroxyl groups is 1. The van der Waals surface area contributed by atoms with Crippen LogP contribution in [0.25, 0.3) is 0 Å². The molecule has 0 spiro atoms. The van der Waals surface area contributed by atoms with Gasteiger partial charge < -0.3 is 5.11 Å². The van der Waals surface area contributed by atoms with Crippen LogP contribution in [0.15, 0.2) is 39.1 Å². The number of sulfone groups is 1. The summed E-state index contributed by atoms with van der Waals surface area (Å²) in [5.41, 5.74) is 0.553. The molecule has 0 unspecified atom stereocenters. The Labute approximate surface area is 108 Å². The molecule has 1 heterocycles. The number of hydrogen-bond donors (Lipinski definition) is 1. The minimum absolute atomic E-state index is 0.00172. The molecule has 1 aliphatic rings. The first-order valence-corrected chi connectivity index (χ1v) is 7.40. The van der Waals surface area contributed by atoms with Crippen molar-refractivity contribution >= 4 is 32.0 Å². The Hall–Kier alpha value is -1.14. The predicted molar refractivity (Wildman–Crippen MR) is 70.1 cm³/mol. The van der Waals surface area contributed by atoms with Crippen LogP contribution in [0.1, 0.15) is 5.56 Å². The Bertz CT molecular complexity index is 593. The molecular weight excluding hydrogens is 306 g/mol. The van der Waals surface area contributed by atoms with Gasteiger partial charge in [-0.2, -0.15) is 0 Å². The average molecular weight is 316 g/mol. The maximum Gasteiger partial charge on any atom is 0.173 e. The average Bonchev–Trinajstić information content (AvgIpc) is 2.60. The van der Waals surface area contributed by atoms with Gasteiger partial charge in [0.15, 0.2) is 9.84 Å². The van der Waals surface area contributed by atoms with Gasteiger partial charge in [0.2, 0.25) is 0 Å². The fourth-order valence-corrected chi connectivity index (χ4v) is 3.04. The van der Waals surface area contributed by atoms with Crippen LogP contribution in [0.5, 0.6) is 5.75 Å². The van der Waals surface area contributed by atoms with Crippen molar-refractivity contribution in [3.63, 3.8) is 0 Å². The standard InChI is InChI=1S/C11H10BrNO3S/c12-9-1-2-11(14)8(5-9)6-13-10-3-4-17(15,16)7-10/h1-6,10,14H,7H2/t10-/m0/s1. The minimum Gasteiger partial charge on any atom is -0.507 e. The molecule has 0 amide bonds. The van der Waals surface area contributed by atoms with Crippen LogP contribution >= 0.6 is 15.9 Å². The topological polar surface area (TPSA) is 66.7 Å². The zero-order chi connectivity index (χ0) is 12.5. The Morgan fingerprint density at radius 3 is 2.88 bits per heavy atom. The lowest BCUT2D eigenvalue weighted by atomic mass is 10.2. The molecule has 1 atom stereocenters. The van der Waals surface area contributed by atoms with E-state index in [4.69, 9.17) is 0 Å². The number of phenolic OH excluding ortho intramolecular Hbond substituents is 1. The molecule has 1 aromatic rings. The third kappa shape index (κ3) is 3.17. The SMILES string of the molecule is O=S1(=O)C=C[C@H](N=Cc2cc(Br)ccc2O)C1. The molecule has 0 fully saturated rings. The van der Waals surface area contributed by atoms with Gasteiger partial charge in [-0.25, -0.2) is 8.42 Å². The lowest BCUT2D eigenvalue weighted by molar-refractivity contribution is 0.474. The maximum atomic E-state index is 11.2. The molecule has 0 aromatic heterocycles. The summed E-state index contributed by atoms with van der Waals surface area (Å²) in [5, 5.41) is 10.7. The van der Waals surface area contributed by atoms with Gasteiger partial charge in [-0.15, -0.1) is 0 Å². The van der Waals surface area contributed by atoms with Crippen LogP contribution in [-0.2, 0) is 9.84 Å². The van der Waals surface area contributed by atoms with Gasteiger partial charge in [-0.1, -0.05) is 15.9 Å². The molecule has 0 saturated carbocycles. The van der Waals surface area contributed by atoms with E-state index in [1.807, 2.05) is 0 Å². The second-order valence-corrected chi connectivity index (χ2v) is 6.55. The van der Waals surface area contributed by atoms with E-state index in [0.717, 1.165) is 4.47 Å². The smallest absolute Gasteiger partial charge is 0.173 e. The molecule has 0 radical (unpaired) electrons. The van der Waals surface area contributed by atoms with Crippen molar-refractivity contribution in [2.75, 3.05) is 5.75 Å². The molecule has 1 aromatic carbocycles. The number of nitrogens with zero attached hydrogens (tertiary/aromatic N) is 1. The number of halogens is 1. The van der Waals surface area contributed by atoms with Crippen LogP contribution < -0.4 is 0 Å². The monoisotopic (exact) mass is 315 g/mol. The van der Waals surface area contributed by atoms with Gasteiger partial charge in [0, 0.05) is 21.7 Å². The first-order chi connectivity index (χ1) is 7.96. The number of hydrogen-bond acceptors (Lipinski definition) is 4. The summed E-state index contributed by atoms with van der Waals surface area (Å²) in [5.74, 6) is 0.111. The third-order valence-corrected chi connectivity index (χ3v) is 4.18. The molecule has 2 rings (SSSR count). The van der Waals surface area contributed by atoms with E-state index in [1.54, 1.807) is 24.3 Å². The Kier molecular flexibility index (Phi) is 3.35. The highest BCUT2D eigenvalue weighted by molar-refractivity contribution is 9.10. The van der Waals surface area contributed by atoms with Gasteiger partial charge in [0.05, 0.1) is 11.8 Å². The first-order valence-electron chi connectivity index (χ1n) is 4.89. The predicted octanol–water partition coefficient (Wildman–Crippen LogP) is 1.88. The van der Waals surface area contributed by atoms with Crippen LogP contribution in [-0.4, -0.2) is 31.5 Å². The fraction of sp³-hybridized carbons (Fsp3) is 0.182. The number of aliphatic imine (C=N–C) groups is 1. The summed E-state index contributed by atoms with van der Waals surface area (Å²) >= 11 is 3.29. The summed E-state index contributed by atoms with van der Waals surface area (Å²) < 4.78 is 23.1. The van der Waals surface area contributed by atoms with E-state index < -0.39 is 9.84 Å². The summed E-state index contributed by atoms with van der Waals surface area (Å²) in [6.07, 6.45) is 3.02. The molecule has 1 N–H and O–H groups in total. The van der Waals surface area contributed by atoms with E-state index >= 15 is 0 Å². The number of rotatable bonds is 2. The Balaban J connectivity index is 2.17. The molecule has 6 heteroatoms. The molecular formula is C11H10BrNO3S. The maximum absolute atomic E-state index is 11.2. The van der Waals surface area contributed by atoms with Gasteiger partial charge in [-0.05, 0) is 24.3 Å². The molecule has 1 aliphatic heterocycles. The summed E-state index contributed by atoms with van der Waals surface area (Å²) in [6.45, 7) is 0. The zero-order valence-corrected chi connectivity index (χ0v) is 11.1. The van der Waals surface area contributed by atoms with Crippen LogP contribution in [0.3, 0.4) is 0 Å². The molecule has 0 aliphatic carbocycles. The molecule has 0 bridgehead atoms. The van der Waals surface area contributed by atoms with Crippen molar-refractivity contribution in [2.24, 2.45) is 4.99 Å². The normalized spacial score (nSPS) is 22.3. The van der Waals surface area contributed by atoms with Crippen LogP contribution in [0, 0.1) is 0 Å². The highest BCUT2D eigenvalue weighted by atomic mass is 79.9. The quantitative estimate of drug-likeness (QED) is 0.847. The van der Waals surface area contributed by atoms with E-state index in [2.05, 4.69) is 20.9 Å². The lowest BCUT2D eigenvalue weighted by Gasteiger charge is -2.01. The van der Waals surface area contributed by atoms with E-state index in [9.17, 15) is 13.5 Å². The van der Waals surface area contributed by atoms with Crippen LogP contribution in [0.4, 0.5) is 0 Å². The lowest BCUT2D eigenvalue weighted by Crippen LogP contribution is -2.08.